The second-order valence-electron chi connectivity index (χ2n) is 6.89. The Labute approximate surface area is 165 Å². The van der Waals surface area contributed by atoms with Crippen molar-refractivity contribution in [1.82, 2.24) is 28.2 Å². The fourth-order valence-corrected chi connectivity index (χ4v) is 3.54. The summed E-state index contributed by atoms with van der Waals surface area (Å²) in [5.74, 6) is -0.984. The maximum Gasteiger partial charge on any atom is 0.332 e. The van der Waals surface area contributed by atoms with E-state index in [1.54, 1.807) is 0 Å². The molecule has 3 aromatic rings. The zero-order chi connectivity index (χ0) is 21.2. The van der Waals surface area contributed by atoms with Crippen LogP contribution in [-0.4, -0.2) is 34.0 Å². The van der Waals surface area contributed by atoms with E-state index in [2.05, 4.69) is 9.97 Å². The molecular formula is C16H16ClN7O5. The van der Waals surface area contributed by atoms with Crippen LogP contribution in [0.1, 0.15) is 29.2 Å². The van der Waals surface area contributed by atoms with Crippen molar-refractivity contribution in [1.29, 1.82) is 0 Å². The molecule has 0 saturated heterocycles. The molecule has 0 aliphatic heterocycles. The second-order valence-corrected chi connectivity index (χ2v) is 7.23. The van der Waals surface area contributed by atoms with Crippen molar-refractivity contribution in [2.75, 3.05) is 5.73 Å². The number of nitrogens with one attached hydrogen (secondary N) is 1. The number of H-pyrrole nitrogens is 1. The Bertz CT molecular complexity index is 1430. The van der Waals surface area contributed by atoms with E-state index in [9.17, 15) is 24.0 Å². The second kappa shape index (κ2) is 6.30. The molecule has 12 nitrogen and oxygen atoms in total. The van der Waals surface area contributed by atoms with E-state index in [4.69, 9.17) is 17.3 Å². The van der Waals surface area contributed by atoms with Gasteiger partial charge in [0.1, 0.15) is 11.4 Å². The number of carbonyl (C=O) groups is 1. The van der Waals surface area contributed by atoms with Gasteiger partial charge in [-0.25, -0.2) is 9.59 Å². The molecular weight excluding hydrogens is 406 g/mol. The van der Waals surface area contributed by atoms with Gasteiger partial charge in [-0.3, -0.25) is 33.1 Å². The number of anilines is 1. The van der Waals surface area contributed by atoms with Gasteiger partial charge in [0.2, 0.25) is 5.28 Å². The number of aryl methyl sites for hydroxylation is 1. The van der Waals surface area contributed by atoms with Crippen LogP contribution in [0.25, 0.3) is 11.2 Å². The number of nitrogens with zero attached hydrogens (tertiary/aromatic N) is 5. The Morgan fingerprint density at radius 3 is 2.48 bits per heavy atom. The van der Waals surface area contributed by atoms with Crippen LogP contribution in [0.4, 0.5) is 5.82 Å². The predicted octanol–water partition coefficient (Wildman–Crippen LogP) is -1.26. The van der Waals surface area contributed by atoms with Crippen LogP contribution >= 0.6 is 11.6 Å². The molecule has 3 N–H and O–H groups in total. The Morgan fingerprint density at radius 2 is 1.86 bits per heavy atom. The molecule has 1 saturated carbocycles. The number of hydrogen-bond donors (Lipinski definition) is 2. The minimum absolute atomic E-state index is 0.000678. The molecule has 0 amide bonds. The molecule has 1 fully saturated rings. The van der Waals surface area contributed by atoms with Crippen LogP contribution in [0.5, 0.6) is 0 Å². The maximum absolute atomic E-state index is 12.9. The number of rotatable bonds is 4. The number of aromatic nitrogens is 6. The predicted molar refractivity (Wildman–Crippen MR) is 104 cm³/mol. The van der Waals surface area contributed by atoms with E-state index in [0.29, 0.717) is 12.8 Å². The lowest BCUT2D eigenvalue weighted by Crippen LogP contribution is -2.38. The summed E-state index contributed by atoms with van der Waals surface area (Å²) in [5, 5.41) is -0.211. The molecule has 29 heavy (non-hydrogen) atoms. The van der Waals surface area contributed by atoms with Gasteiger partial charge < -0.3 is 10.3 Å². The summed E-state index contributed by atoms with van der Waals surface area (Å²) in [6.07, 6.45) is 1.43. The molecule has 0 unspecified atom stereocenters. The highest BCUT2D eigenvalue weighted by molar-refractivity contribution is 6.29. The first-order valence-corrected chi connectivity index (χ1v) is 9.00. The summed E-state index contributed by atoms with van der Waals surface area (Å²) in [6.45, 7) is -0.529. The van der Waals surface area contributed by atoms with Gasteiger partial charge in [-0.1, -0.05) is 0 Å². The number of ketones is 1. The summed E-state index contributed by atoms with van der Waals surface area (Å²) in [6, 6.07) is -0.162. The molecule has 0 bridgehead atoms. The number of Topliss-reactive ketones (excluding diaryl/α,β-unsaturated/α-hetero) is 1. The minimum Gasteiger partial charge on any atom is -0.384 e. The minimum atomic E-state index is -0.921. The molecule has 0 aromatic carbocycles. The van der Waals surface area contributed by atoms with Crippen LogP contribution in [0.2, 0.25) is 5.28 Å². The van der Waals surface area contributed by atoms with E-state index in [1.807, 2.05) is 0 Å². The Hall–Kier alpha value is -3.41. The first-order valence-electron chi connectivity index (χ1n) is 8.62. The van der Waals surface area contributed by atoms with Gasteiger partial charge in [-0.2, -0.15) is 4.98 Å². The van der Waals surface area contributed by atoms with Crippen molar-refractivity contribution in [3.8, 4) is 0 Å². The number of halogens is 1. The summed E-state index contributed by atoms with van der Waals surface area (Å²) >= 11 is 6.11. The highest BCUT2D eigenvalue weighted by atomic mass is 35.5. The third-order valence-corrected chi connectivity index (χ3v) is 5.26. The molecule has 0 radical (unpaired) electrons. The number of imidazole rings is 1. The number of nitrogens with two attached hydrogens (primary N) is 1. The van der Waals surface area contributed by atoms with Gasteiger partial charge in [-0.05, 0) is 24.4 Å². The molecule has 1 aliphatic rings. The zero-order valence-corrected chi connectivity index (χ0v) is 16.2. The largest absolute Gasteiger partial charge is 0.384 e. The van der Waals surface area contributed by atoms with Crippen molar-refractivity contribution in [3.05, 3.63) is 52.5 Å². The van der Waals surface area contributed by atoms with Gasteiger partial charge in [0.05, 0.1) is 6.54 Å². The molecule has 3 aromatic heterocycles. The standard InChI is InChI=1S/C16H16ClN7O5/c1-21-11-9(13(27)22(2)16(21)29)23(14(17)19-11)5-7(25)8-10(18)24(6-3-4-6)15(28)20-12(8)26/h6H,3-5,18H2,1-2H3,(H,20,26,28). The lowest BCUT2D eigenvalue weighted by Gasteiger charge is -2.12. The highest BCUT2D eigenvalue weighted by Crippen LogP contribution is 2.35. The van der Waals surface area contributed by atoms with E-state index in [1.165, 1.54) is 18.7 Å². The number of fused-ring (bicyclic) bond motifs is 1. The Morgan fingerprint density at radius 1 is 1.21 bits per heavy atom. The zero-order valence-electron chi connectivity index (χ0n) is 15.4. The lowest BCUT2D eigenvalue weighted by atomic mass is 10.2. The summed E-state index contributed by atoms with van der Waals surface area (Å²) < 4.78 is 4.27. The first kappa shape index (κ1) is 18.9. The van der Waals surface area contributed by atoms with Crippen molar-refractivity contribution < 1.29 is 4.79 Å². The molecule has 4 rings (SSSR count). The van der Waals surface area contributed by atoms with Gasteiger partial charge >= 0.3 is 11.4 Å². The van der Waals surface area contributed by atoms with Crippen molar-refractivity contribution >= 4 is 34.4 Å². The van der Waals surface area contributed by atoms with Crippen LogP contribution in [0, 0.1) is 0 Å². The van der Waals surface area contributed by atoms with Crippen molar-refractivity contribution in [2.24, 2.45) is 14.1 Å². The number of carbonyl (C=O) groups excluding carboxylic acids is 1. The van der Waals surface area contributed by atoms with E-state index in [0.717, 1.165) is 13.7 Å². The quantitative estimate of drug-likeness (QED) is 0.392. The SMILES string of the molecule is Cn1c(=O)c2c(nc(Cl)n2CC(=O)c2c(N)n(C3CC3)c(=O)[nH]c2=O)n(C)c1=O. The van der Waals surface area contributed by atoms with E-state index < -0.39 is 40.4 Å². The van der Waals surface area contributed by atoms with Crippen LogP contribution in [0.15, 0.2) is 19.2 Å². The first-order chi connectivity index (χ1) is 13.6. The van der Waals surface area contributed by atoms with Gasteiger partial charge in [-0.15, -0.1) is 0 Å². The lowest BCUT2D eigenvalue weighted by molar-refractivity contribution is 0.0972. The molecule has 13 heteroatoms. The van der Waals surface area contributed by atoms with Crippen LogP contribution in [-0.2, 0) is 20.6 Å². The fourth-order valence-electron chi connectivity index (χ4n) is 3.32. The van der Waals surface area contributed by atoms with Crippen LogP contribution in [0.3, 0.4) is 0 Å². The van der Waals surface area contributed by atoms with Gasteiger partial charge in [0.25, 0.3) is 11.1 Å². The molecule has 152 valence electrons. The smallest absolute Gasteiger partial charge is 0.332 e. The van der Waals surface area contributed by atoms with Crippen molar-refractivity contribution in [3.63, 3.8) is 0 Å². The summed E-state index contributed by atoms with van der Waals surface area (Å²) in [7, 11) is 2.69. The van der Waals surface area contributed by atoms with Gasteiger partial charge in [0.15, 0.2) is 16.9 Å². The third kappa shape index (κ3) is 2.75. The fraction of sp³-hybridized carbons (Fsp3) is 0.375. The average Bonchev–Trinajstić information content (AvgIpc) is 3.42. The monoisotopic (exact) mass is 421 g/mol. The Kier molecular flexibility index (Phi) is 4.12. The van der Waals surface area contributed by atoms with Crippen LogP contribution < -0.4 is 28.2 Å². The third-order valence-electron chi connectivity index (χ3n) is 4.98. The maximum atomic E-state index is 12.9. The molecule has 0 atom stereocenters. The topological polar surface area (TPSA) is 160 Å². The Balaban J connectivity index is 1.88. The van der Waals surface area contributed by atoms with Gasteiger partial charge in [0, 0.05) is 20.1 Å². The normalized spacial score (nSPS) is 13.9. The highest BCUT2D eigenvalue weighted by Gasteiger charge is 2.30. The number of hydrogen-bond acceptors (Lipinski definition) is 7. The average molecular weight is 422 g/mol. The number of nitrogen functional groups attached to an aromatic ring is 1. The molecule has 3 heterocycles. The summed E-state index contributed by atoms with van der Waals surface area (Å²) in [5.41, 5.74) is 2.60. The summed E-state index contributed by atoms with van der Waals surface area (Å²) in [4.78, 5) is 67.9. The van der Waals surface area contributed by atoms with E-state index in [-0.39, 0.29) is 28.3 Å². The number of aromatic amines is 1. The van der Waals surface area contributed by atoms with Crippen molar-refractivity contribution in [2.45, 2.75) is 25.4 Å². The molecule has 0 spiro atoms. The molecule has 1 aliphatic carbocycles. The van der Waals surface area contributed by atoms with E-state index >= 15 is 0 Å².